The molecule has 0 heterocycles. The fourth-order valence-electron chi connectivity index (χ4n) is 0.986. The lowest BCUT2D eigenvalue weighted by molar-refractivity contribution is 0.130. The molecule has 0 spiro atoms. The van der Waals surface area contributed by atoms with E-state index in [1.807, 2.05) is 0 Å². The van der Waals surface area contributed by atoms with Gasteiger partial charge in [-0.3, -0.25) is 5.32 Å². The van der Waals surface area contributed by atoms with Crippen molar-refractivity contribution < 1.29 is 9.53 Å². The van der Waals surface area contributed by atoms with Crippen molar-refractivity contribution in [3.63, 3.8) is 0 Å². The highest BCUT2D eigenvalue weighted by atomic mass is 35.5. The van der Waals surface area contributed by atoms with Gasteiger partial charge in [-0.25, -0.2) is 4.79 Å². The van der Waals surface area contributed by atoms with E-state index in [0.29, 0.717) is 16.4 Å². The van der Waals surface area contributed by atoms with Crippen molar-refractivity contribution in [3.05, 3.63) is 23.2 Å². The number of anilines is 2. The van der Waals surface area contributed by atoms with Crippen molar-refractivity contribution in [1.82, 2.24) is 0 Å². The van der Waals surface area contributed by atoms with Gasteiger partial charge in [0.05, 0.1) is 16.8 Å². The largest absolute Gasteiger partial charge is 0.447 e. The molecule has 5 heteroatoms. The van der Waals surface area contributed by atoms with Gasteiger partial charge in [0.1, 0.15) is 0 Å². The summed E-state index contributed by atoms with van der Waals surface area (Å²) in [5.41, 5.74) is 6.54. The van der Waals surface area contributed by atoms with Crippen molar-refractivity contribution in [1.29, 1.82) is 0 Å². The molecule has 0 bridgehead atoms. The van der Waals surface area contributed by atoms with Crippen LogP contribution >= 0.6 is 11.6 Å². The maximum absolute atomic E-state index is 11.2. The number of hydrogen-bond acceptors (Lipinski definition) is 3. The van der Waals surface area contributed by atoms with Gasteiger partial charge < -0.3 is 10.5 Å². The number of carbonyl (C=O) groups excluding carboxylic acids is 1. The van der Waals surface area contributed by atoms with Gasteiger partial charge in [-0.2, -0.15) is 0 Å². The van der Waals surface area contributed by atoms with E-state index in [2.05, 4.69) is 5.32 Å². The number of amides is 1. The first-order chi connectivity index (χ1) is 6.99. The molecule has 0 saturated heterocycles. The Morgan fingerprint density at radius 2 is 2.20 bits per heavy atom. The SMILES string of the molecule is CC(C)OC(=O)Nc1ccc(N)cc1Cl. The number of nitrogens with two attached hydrogens (primary N) is 1. The summed E-state index contributed by atoms with van der Waals surface area (Å²) in [6.45, 7) is 3.54. The number of benzene rings is 1. The van der Waals surface area contributed by atoms with Gasteiger partial charge in [0, 0.05) is 5.69 Å². The van der Waals surface area contributed by atoms with Crippen LogP contribution in [0.3, 0.4) is 0 Å². The van der Waals surface area contributed by atoms with E-state index in [-0.39, 0.29) is 6.10 Å². The van der Waals surface area contributed by atoms with Gasteiger partial charge in [0.15, 0.2) is 0 Å². The highest BCUT2D eigenvalue weighted by molar-refractivity contribution is 6.33. The Labute approximate surface area is 93.4 Å². The van der Waals surface area contributed by atoms with Crippen molar-refractivity contribution in [2.45, 2.75) is 20.0 Å². The van der Waals surface area contributed by atoms with Crippen LogP contribution in [0.25, 0.3) is 0 Å². The Hall–Kier alpha value is -1.42. The topological polar surface area (TPSA) is 64.3 Å². The maximum atomic E-state index is 11.2. The molecule has 0 saturated carbocycles. The smallest absolute Gasteiger partial charge is 0.411 e. The number of nitrogens with one attached hydrogen (secondary N) is 1. The van der Waals surface area contributed by atoms with E-state index in [9.17, 15) is 4.79 Å². The summed E-state index contributed by atoms with van der Waals surface area (Å²) in [4.78, 5) is 11.2. The van der Waals surface area contributed by atoms with Crippen molar-refractivity contribution >= 4 is 29.1 Å². The summed E-state index contributed by atoms with van der Waals surface area (Å²) in [7, 11) is 0. The average molecular weight is 229 g/mol. The van der Waals surface area contributed by atoms with Gasteiger partial charge >= 0.3 is 6.09 Å². The molecule has 0 radical (unpaired) electrons. The zero-order chi connectivity index (χ0) is 11.4. The van der Waals surface area contributed by atoms with Crippen LogP contribution in [-0.4, -0.2) is 12.2 Å². The van der Waals surface area contributed by atoms with Crippen LogP contribution in [0.15, 0.2) is 18.2 Å². The Balaban J connectivity index is 2.68. The summed E-state index contributed by atoms with van der Waals surface area (Å²) in [6.07, 6.45) is -0.700. The lowest BCUT2D eigenvalue weighted by atomic mass is 10.3. The number of nitrogen functional groups attached to an aromatic ring is 1. The van der Waals surface area contributed by atoms with E-state index in [0.717, 1.165) is 0 Å². The van der Waals surface area contributed by atoms with Crippen LogP contribution < -0.4 is 11.1 Å². The molecule has 0 aliphatic heterocycles. The molecule has 4 nitrogen and oxygen atoms in total. The molecule has 1 rings (SSSR count). The van der Waals surface area contributed by atoms with Crippen LogP contribution in [0.1, 0.15) is 13.8 Å². The number of carbonyl (C=O) groups is 1. The molecule has 1 amide bonds. The minimum Gasteiger partial charge on any atom is -0.447 e. The summed E-state index contributed by atoms with van der Waals surface area (Å²) in [5, 5.41) is 2.91. The molecule has 15 heavy (non-hydrogen) atoms. The maximum Gasteiger partial charge on any atom is 0.411 e. The Bertz CT molecular complexity index is 366. The van der Waals surface area contributed by atoms with Crippen LogP contribution in [0.5, 0.6) is 0 Å². The van der Waals surface area contributed by atoms with E-state index in [1.54, 1.807) is 32.0 Å². The van der Waals surface area contributed by atoms with E-state index in [4.69, 9.17) is 22.1 Å². The first-order valence-corrected chi connectivity index (χ1v) is 4.89. The monoisotopic (exact) mass is 228 g/mol. The molecule has 0 fully saturated rings. The second-order valence-electron chi connectivity index (χ2n) is 3.32. The van der Waals surface area contributed by atoms with Gasteiger partial charge in [0.2, 0.25) is 0 Å². The lowest BCUT2D eigenvalue weighted by Crippen LogP contribution is -2.18. The normalized spacial score (nSPS) is 10.1. The minimum absolute atomic E-state index is 0.169. The Morgan fingerprint density at radius 1 is 1.53 bits per heavy atom. The molecule has 1 aromatic carbocycles. The van der Waals surface area contributed by atoms with Crippen LogP contribution in [0, 0.1) is 0 Å². The zero-order valence-electron chi connectivity index (χ0n) is 8.58. The number of halogens is 1. The van der Waals surface area contributed by atoms with Crippen molar-refractivity contribution in [2.24, 2.45) is 0 Å². The van der Waals surface area contributed by atoms with Gasteiger partial charge in [0.25, 0.3) is 0 Å². The molecule has 1 aromatic rings. The van der Waals surface area contributed by atoms with E-state index >= 15 is 0 Å². The zero-order valence-corrected chi connectivity index (χ0v) is 9.34. The molecular formula is C10H13ClN2O2. The van der Waals surface area contributed by atoms with E-state index in [1.165, 1.54) is 0 Å². The summed E-state index contributed by atoms with van der Waals surface area (Å²) >= 11 is 5.86. The van der Waals surface area contributed by atoms with Crippen molar-refractivity contribution in [3.8, 4) is 0 Å². The fourth-order valence-corrected chi connectivity index (χ4v) is 1.22. The molecular weight excluding hydrogens is 216 g/mol. The minimum atomic E-state index is -0.531. The second-order valence-corrected chi connectivity index (χ2v) is 3.73. The molecule has 0 atom stereocenters. The first-order valence-electron chi connectivity index (χ1n) is 4.51. The van der Waals surface area contributed by atoms with Crippen LogP contribution in [0.4, 0.5) is 16.2 Å². The van der Waals surface area contributed by atoms with Gasteiger partial charge in [-0.15, -0.1) is 0 Å². The summed E-state index contributed by atoms with van der Waals surface area (Å²) < 4.78 is 4.90. The molecule has 0 aromatic heterocycles. The summed E-state index contributed by atoms with van der Waals surface area (Å²) in [5.74, 6) is 0. The lowest BCUT2D eigenvalue weighted by Gasteiger charge is -2.10. The molecule has 82 valence electrons. The predicted octanol–water partition coefficient (Wildman–Crippen LogP) is 2.88. The van der Waals surface area contributed by atoms with Gasteiger partial charge in [-0.1, -0.05) is 11.6 Å². The van der Waals surface area contributed by atoms with Crippen molar-refractivity contribution in [2.75, 3.05) is 11.1 Å². The summed E-state index contributed by atoms with van der Waals surface area (Å²) in [6, 6.07) is 4.84. The Kier molecular flexibility index (Phi) is 3.80. The quantitative estimate of drug-likeness (QED) is 0.765. The number of ether oxygens (including phenoxy) is 1. The third-order valence-electron chi connectivity index (χ3n) is 1.57. The predicted molar refractivity (Wildman–Crippen MR) is 61.1 cm³/mol. The molecule has 3 N–H and O–H groups in total. The van der Waals surface area contributed by atoms with Crippen LogP contribution in [0.2, 0.25) is 5.02 Å². The molecule has 0 aliphatic carbocycles. The standard InChI is InChI=1S/C10H13ClN2O2/c1-6(2)15-10(14)13-9-4-3-7(12)5-8(9)11/h3-6H,12H2,1-2H3,(H,13,14). The highest BCUT2D eigenvalue weighted by Gasteiger charge is 2.08. The third kappa shape index (κ3) is 3.67. The second kappa shape index (κ2) is 4.89. The van der Waals surface area contributed by atoms with Crippen LogP contribution in [-0.2, 0) is 4.74 Å². The third-order valence-corrected chi connectivity index (χ3v) is 1.89. The Morgan fingerprint density at radius 3 is 2.73 bits per heavy atom. The molecule has 0 aliphatic rings. The first kappa shape index (κ1) is 11.7. The highest BCUT2D eigenvalue weighted by Crippen LogP contribution is 2.24. The van der Waals surface area contributed by atoms with E-state index < -0.39 is 6.09 Å². The number of hydrogen-bond donors (Lipinski definition) is 2. The number of rotatable bonds is 2. The average Bonchev–Trinajstić information content (AvgIpc) is 2.08. The van der Waals surface area contributed by atoms with Gasteiger partial charge in [-0.05, 0) is 32.0 Å². The molecule has 0 unspecified atom stereocenters. The fraction of sp³-hybridized carbons (Fsp3) is 0.300.